The van der Waals surface area contributed by atoms with E-state index in [0.29, 0.717) is 0 Å². The van der Waals surface area contributed by atoms with E-state index in [9.17, 15) is 14.7 Å². The lowest BCUT2D eigenvalue weighted by atomic mass is 9.54. The van der Waals surface area contributed by atoms with Gasteiger partial charge in [-0.3, -0.25) is 4.79 Å². The van der Waals surface area contributed by atoms with Crippen molar-refractivity contribution in [3.63, 3.8) is 0 Å². The molecular formula is C9H15NO4. The molecule has 0 heterocycles. The number of aliphatic hydroxyl groups excluding tert-OH is 1. The second-order valence-electron chi connectivity index (χ2n) is 4.33. The molecule has 0 bridgehead atoms. The highest BCUT2D eigenvalue weighted by atomic mass is 16.4. The molecule has 1 fully saturated rings. The van der Waals surface area contributed by atoms with Crippen molar-refractivity contribution in [2.75, 3.05) is 0 Å². The molecule has 0 spiro atoms. The van der Waals surface area contributed by atoms with Gasteiger partial charge < -0.3 is 15.5 Å². The quantitative estimate of drug-likeness (QED) is 0.574. The first-order chi connectivity index (χ1) is 6.24. The Labute approximate surface area is 82.1 Å². The summed E-state index contributed by atoms with van der Waals surface area (Å²) < 4.78 is 0. The molecule has 14 heavy (non-hydrogen) atoms. The summed E-state index contributed by atoms with van der Waals surface area (Å²) in [6.45, 7) is 4.53. The van der Waals surface area contributed by atoms with Crippen molar-refractivity contribution < 1.29 is 19.8 Å². The lowest BCUT2D eigenvalue weighted by molar-refractivity contribution is -0.184. The van der Waals surface area contributed by atoms with Gasteiger partial charge in [0.2, 0.25) is 5.91 Å². The van der Waals surface area contributed by atoms with Gasteiger partial charge in [-0.1, -0.05) is 13.8 Å². The van der Waals surface area contributed by atoms with E-state index in [1.807, 2.05) is 0 Å². The van der Waals surface area contributed by atoms with Crippen molar-refractivity contribution in [2.24, 2.45) is 5.41 Å². The Kier molecular flexibility index (Phi) is 2.31. The molecule has 0 aromatic rings. The molecule has 2 unspecified atom stereocenters. The van der Waals surface area contributed by atoms with Crippen LogP contribution in [0.15, 0.2) is 0 Å². The molecule has 2 atom stereocenters. The summed E-state index contributed by atoms with van der Waals surface area (Å²) in [6, 6.07) is 0. The van der Waals surface area contributed by atoms with Crippen LogP contribution in [0.4, 0.5) is 0 Å². The van der Waals surface area contributed by atoms with Crippen LogP contribution in [0.25, 0.3) is 0 Å². The second-order valence-corrected chi connectivity index (χ2v) is 4.33. The molecule has 1 saturated carbocycles. The molecule has 0 radical (unpaired) electrons. The molecule has 0 aromatic heterocycles. The Morgan fingerprint density at radius 3 is 2.14 bits per heavy atom. The second kappa shape index (κ2) is 2.95. The van der Waals surface area contributed by atoms with Crippen molar-refractivity contribution in [2.45, 2.75) is 38.8 Å². The summed E-state index contributed by atoms with van der Waals surface area (Å²) in [7, 11) is 0. The highest BCUT2D eigenvalue weighted by molar-refractivity contribution is 5.88. The SMILES string of the molecule is CC(=O)NC1(C(=O)O)CC(O)C1(C)C. The molecule has 5 heteroatoms. The topological polar surface area (TPSA) is 86.6 Å². The Morgan fingerprint density at radius 2 is 1.93 bits per heavy atom. The third kappa shape index (κ3) is 1.19. The van der Waals surface area contributed by atoms with E-state index < -0.39 is 28.9 Å². The lowest BCUT2D eigenvalue weighted by Crippen LogP contribution is -2.75. The number of carboxylic acids is 1. The van der Waals surface area contributed by atoms with Crippen LogP contribution >= 0.6 is 0 Å². The largest absolute Gasteiger partial charge is 0.479 e. The predicted octanol–water partition coefficient (Wildman–Crippen LogP) is -0.263. The zero-order valence-electron chi connectivity index (χ0n) is 8.50. The monoisotopic (exact) mass is 201 g/mol. The summed E-state index contributed by atoms with van der Waals surface area (Å²) in [5.41, 5.74) is -2.15. The summed E-state index contributed by atoms with van der Waals surface area (Å²) in [5.74, 6) is -1.49. The van der Waals surface area contributed by atoms with Crippen molar-refractivity contribution in [3.8, 4) is 0 Å². The standard InChI is InChI=1S/C9H15NO4/c1-5(11)10-9(7(13)14)4-6(12)8(9,2)3/h6,12H,4H2,1-3H3,(H,10,11)(H,13,14). The normalized spacial score (nSPS) is 34.4. The number of hydrogen-bond donors (Lipinski definition) is 3. The number of carboxylic acid groups (broad SMARTS) is 1. The summed E-state index contributed by atoms with van der Waals surface area (Å²) >= 11 is 0. The Hall–Kier alpha value is -1.10. The van der Waals surface area contributed by atoms with Gasteiger partial charge in [-0.2, -0.15) is 0 Å². The maximum atomic E-state index is 11.1. The summed E-state index contributed by atoms with van der Waals surface area (Å²) in [6.07, 6.45) is -0.625. The minimum Gasteiger partial charge on any atom is -0.479 e. The Balaban J connectivity index is 2.98. The highest BCUT2D eigenvalue weighted by Gasteiger charge is 2.65. The molecule has 0 aromatic carbocycles. The van der Waals surface area contributed by atoms with Crippen LogP contribution in [0.3, 0.4) is 0 Å². The molecule has 80 valence electrons. The summed E-state index contributed by atoms with van der Waals surface area (Å²) in [5, 5.41) is 20.9. The smallest absolute Gasteiger partial charge is 0.330 e. The molecule has 1 aliphatic rings. The fraction of sp³-hybridized carbons (Fsp3) is 0.778. The zero-order chi connectivity index (χ0) is 11.1. The Bertz CT molecular complexity index is 287. The van der Waals surface area contributed by atoms with Gasteiger partial charge in [0.25, 0.3) is 0 Å². The average Bonchev–Trinajstić information content (AvgIpc) is 2.01. The van der Waals surface area contributed by atoms with E-state index in [4.69, 9.17) is 5.11 Å². The average molecular weight is 201 g/mol. The van der Waals surface area contributed by atoms with Crippen LogP contribution in [0, 0.1) is 5.41 Å². The first kappa shape index (κ1) is 11.0. The number of aliphatic carboxylic acids is 1. The van der Waals surface area contributed by atoms with Crippen LogP contribution < -0.4 is 5.32 Å². The third-order valence-corrected chi connectivity index (χ3v) is 3.19. The number of rotatable bonds is 2. The molecule has 1 aliphatic carbocycles. The molecule has 5 nitrogen and oxygen atoms in total. The van der Waals surface area contributed by atoms with E-state index in [-0.39, 0.29) is 6.42 Å². The predicted molar refractivity (Wildman–Crippen MR) is 48.6 cm³/mol. The van der Waals surface area contributed by atoms with Gasteiger partial charge in [-0.15, -0.1) is 0 Å². The van der Waals surface area contributed by atoms with E-state index in [0.717, 1.165) is 0 Å². The number of hydrogen-bond acceptors (Lipinski definition) is 3. The number of aliphatic hydroxyl groups is 1. The first-order valence-electron chi connectivity index (χ1n) is 4.44. The van der Waals surface area contributed by atoms with Crippen LogP contribution in [0.1, 0.15) is 27.2 Å². The molecule has 0 saturated heterocycles. The zero-order valence-corrected chi connectivity index (χ0v) is 8.50. The number of carbonyl (C=O) groups excluding carboxylic acids is 1. The van der Waals surface area contributed by atoms with Gasteiger partial charge >= 0.3 is 5.97 Å². The molecular weight excluding hydrogens is 186 g/mol. The van der Waals surface area contributed by atoms with Gasteiger partial charge in [0.15, 0.2) is 0 Å². The van der Waals surface area contributed by atoms with Crippen LogP contribution in [0.2, 0.25) is 0 Å². The van der Waals surface area contributed by atoms with Gasteiger partial charge in [0, 0.05) is 18.8 Å². The van der Waals surface area contributed by atoms with Crippen LogP contribution in [0.5, 0.6) is 0 Å². The minimum atomic E-state index is -1.32. The minimum absolute atomic E-state index is 0.0644. The fourth-order valence-corrected chi connectivity index (χ4v) is 1.89. The van der Waals surface area contributed by atoms with Crippen molar-refractivity contribution in [1.29, 1.82) is 0 Å². The van der Waals surface area contributed by atoms with Crippen molar-refractivity contribution >= 4 is 11.9 Å². The number of carbonyl (C=O) groups is 2. The van der Waals surface area contributed by atoms with Crippen LogP contribution in [-0.2, 0) is 9.59 Å². The number of amides is 1. The highest BCUT2D eigenvalue weighted by Crippen LogP contribution is 2.49. The van der Waals surface area contributed by atoms with E-state index in [1.165, 1.54) is 6.92 Å². The van der Waals surface area contributed by atoms with Gasteiger partial charge in [0.1, 0.15) is 5.54 Å². The fourth-order valence-electron chi connectivity index (χ4n) is 1.89. The first-order valence-corrected chi connectivity index (χ1v) is 4.44. The van der Waals surface area contributed by atoms with Crippen molar-refractivity contribution in [3.05, 3.63) is 0 Å². The van der Waals surface area contributed by atoms with Gasteiger partial charge in [-0.05, 0) is 0 Å². The maximum Gasteiger partial charge on any atom is 0.330 e. The van der Waals surface area contributed by atoms with Gasteiger partial charge in [0.05, 0.1) is 6.10 Å². The molecule has 0 aliphatic heterocycles. The van der Waals surface area contributed by atoms with E-state index in [1.54, 1.807) is 13.8 Å². The molecule has 1 rings (SSSR count). The third-order valence-electron chi connectivity index (χ3n) is 3.19. The van der Waals surface area contributed by atoms with E-state index in [2.05, 4.69) is 5.32 Å². The maximum absolute atomic E-state index is 11.1. The Morgan fingerprint density at radius 1 is 1.43 bits per heavy atom. The van der Waals surface area contributed by atoms with Crippen LogP contribution in [-0.4, -0.2) is 33.7 Å². The van der Waals surface area contributed by atoms with Crippen molar-refractivity contribution in [1.82, 2.24) is 5.32 Å². The molecule has 1 amide bonds. The van der Waals surface area contributed by atoms with E-state index >= 15 is 0 Å². The number of nitrogens with one attached hydrogen (secondary N) is 1. The lowest BCUT2D eigenvalue weighted by Gasteiger charge is -2.56. The molecule has 3 N–H and O–H groups in total. The summed E-state index contributed by atoms with van der Waals surface area (Å²) in [4.78, 5) is 22.0. The van der Waals surface area contributed by atoms with Gasteiger partial charge in [-0.25, -0.2) is 4.79 Å².